The van der Waals surface area contributed by atoms with E-state index < -0.39 is 17.0 Å². The Kier molecular flexibility index (Phi) is 11.3. The van der Waals surface area contributed by atoms with E-state index in [-0.39, 0.29) is 18.1 Å². The quantitative estimate of drug-likeness (QED) is 0.308. The van der Waals surface area contributed by atoms with Crippen LogP contribution in [0, 0.1) is 10.1 Å². The fourth-order valence-corrected chi connectivity index (χ4v) is 2.20. The summed E-state index contributed by atoms with van der Waals surface area (Å²) in [5.41, 5.74) is 0. The molecule has 1 aliphatic rings. The molecule has 0 atom stereocenters. The molecule has 26 heavy (non-hydrogen) atoms. The van der Waals surface area contributed by atoms with Crippen molar-refractivity contribution < 1.29 is 34.5 Å². The number of carbonyl (C=O) groups is 3. The van der Waals surface area contributed by atoms with Crippen molar-refractivity contribution in [2.24, 2.45) is 0 Å². The lowest BCUT2D eigenvalue weighted by Gasteiger charge is -2.27. The molecular weight excluding hydrogens is 350 g/mol. The van der Waals surface area contributed by atoms with Gasteiger partial charge in [-0.2, -0.15) is 0 Å². The van der Waals surface area contributed by atoms with Gasteiger partial charge in [0.1, 0.15) is 6.10 Å². The van der Waals surface area contributed by atoms with Crippen LogP contribution in [0.3, 0.4) is 0 Å². The Morgan fingerprint density at radius 2 is 1.65 bits per heavy atom. The van der Waals surface area contributed by atoms with Crippen LogP contribution in [0.1, 0.15) is 32.1 Å². The molecule has 11 heteroatoms. The van der Waals surface area contributed by atoms with E-state index in [0.717, 1.165) is 19.4 Å². The van der Waals surface area contributed by atoms with E-state index in [2.05, 4.69) is 10.2 Å². The minimum atomic E-state index is -1.26. The summed E-state index contributed by atoms with van der Waals surface area (Å²) in [6.07, 6.45) is 4.02. The number of carboxylic acids is 2. The first-order chi connectivity index (χ1) is 12.1. The summed E-state index contributed by atoms with van der Waals surface area (Å²) in [5.74, 6) is -2.47. The van der Waals surface area contributed by atoms with Gasteiger partial charge in [-0.3, -0.25) is 4.79 Å². The highest BCUT2D eigenvalue weighted by Crippen LogP contribution is 2.21. The smallest absolute Gasteiger partial charge is 0.328 e. The molecule has 11 nitrogen and oxygen atoms in total. The lowest BCUT2D eigenvalue weighted by atomic mass is 9.93. The summed E-state index contributed by atoms with van der Waals surface area (Å²) in [6.45, 7) is 0.728. The molecule has 0 aromatic rings. The van der Waals surface area contributed by atoms with Gasteiger partial charge in [-0.1, -0.05) is 0 Å². The van der Waals surface area contributed by atoms with Crippen molar-refractivity contribution in [3.8, 4) is 0 Å². The largest absolute Gasteiger partial charge is 0.478 e. The summed E-state index contributed by atoms with van der Waals surface area (Å²) in [5, 5.41) is 28.0. The van der Waals surface area contributed by atoms with Gasteiger partial charge in [-0.25, -0.2) is 9.59 Å². The fourth-order valence-electron chi connectivity index (χ4n) is 2.20. The highest BCUT2D eigenvalue weighted by atomic mass is 17.0. The fraction of sp³-hybridized carbons (Fsp3) is 0.667. The Morgan fingerprint density at radius 1 is 1.15 bits per heavy atom. The van der Waals surface area contributed by atoms with Gasteiger partial charge >= 0.3 is 11.9 Å². The van der Waals surface area contributed by atoms with Gasteiger partial charge in [-0.15, -0.1) is 10.1 Å². The second-order valence-corrected chi connectivity index (χ2v) is 5.93. The molecule has 0 aromatic carbocycles. The average molecular weight is 375 g/mol. The Hall–Kier alpha value is -2.69. The highest BCUT2D eigenvalue weighted by Gasteiger charge is 2.24. The maximum Gasteiger partial charge on any atom is 0.328 e. The third kappa shape index (κ3) is 13.7. The predicted octanol–water partition coefficient (Wildman–Crippen LogP) is 0.286. The lowest BCUT2D eigenvalue weighted by Crippen LogP contribution is -2.40. The molecule has 0 aromatic heterocycles. The third-order valence-corrected chi connectivity index (χ3v) is 3.43. The minimum Gasteiger partial charge on any atom is -0.478 e. The molecule has 0 unspecified atom stereocenters. The summed E-state index contributed by atoms with van der Waals surface area (Å²) in [4.78, 5) is 47.4. The van der Waals surface area contributed by atoms with Crippen molar-refractivity contribution >= 4 is 17.8 Å². The highest BCUT2D eigenvalue weighted by molar-refractivity contribution is 5.89. The Morgan fingerprint density at radius 3 is 2.04 bits per heavy atom. The van der Waals surface area contributed by atoms with E-state index >= 15 is 0 Å². The van der Waals surface area contributed by atoms with Crippen molar-refractivity contribution in [3.05, 3.63) is 22.3 Å². The van der Waals surface area contributed by atoms with Gasteiger partial charge in [0.2, 0.25) is 5.91 Å². The van der Waals surface area contributed by atoms with E-state index in [9.17, 15) is 24.5 Å². The number of nitrogens with zero attached hydrogens (tertiary/aromatic N) is 2. The summed E-state index contributed by atoms with van der Waals surface area (Å²) in [7, 11) is 3.85. The average Bonchev–Trinajstić information content (AvgIpc) is 2.53. The molecule has 3 N–H and O–H groups in total. The van der Waals surface area contributed by atoms with Crippen LogP contribution in [-0.4, -0.2) is 70.8 Å². The number of amides is 1. The Labute approximate surface area is 150 Å². The second-order valence-electron chi connectivity index (χ2n) is 5.93. The third-order valence-electron chi connectivity index (χ3n) is 3.43. The summed E-state index contributed by atoms with van der Waals surface area (Å²) >= 11 is 0. The van der Waals surface area contributed by atoms with Gasteiger partial charge in [0, 0.05) is 31.2 Å². The first kappa shape index (κ1) is 23.3. The van der Waals surface area contributed by atoms with E-state index in [4.69, 9.17) is 10.2 Å². The number of carbonyl (C=O) groups excluding carboxylic acids is 1. The molecular formula is C15H25N3O8. The molecule has 0 spiro atoms. The monoisotopic (exact) mass is 375 g/mol. The van der Waals surface area contributed by atoms with Crippen LogP contribution in [0.5, 0.6) is 0 Å². The van der Waals surface area contributed by atoms with Crippen molar-refractivity contribution in [2.75, 3.05) is 20.6 Å². The zero-order valence-electron chi connectivity index (χ0n) is 14.8. The van der Waals surface area contributed by atoms with Gasteiger partial charge in [0.05, 0.1) is 0 Å². The van der Waals surface area contributed by atoms with E-state index in [0.29, 0.717) is 31.4 Å². The van der Waals surface area contributed by atoms with E-state index in [1.165, 1.54) is 0 Å². The Bertz CT molecular complexity index is 497. The zero-order chi connectivity index (χ0) is 20.1. The molecule has 0 radical (unpaired) electrons. The maximum absolute atomic E-state index is 11.6. The maximum atomic E-state index is 11.6. The molecule has 0 heterocycles. The molecule has 1 aliphatic carbocycles. The first-order valence-electron chi connectivity index (χ1n) is 7.99. The van der Waals surface area contributed by atoms with Crippen molar-refractivity contribution in [2.45, 2.75) is 44.2 Å². The van der Waals surface area contributed by atoms with Gasteiger partial charge < -0.3 is 25.3 Å². The number of hydrogen-bond donors (Lipinski definition) is 3. The molecule has 1 amide bonds. The standard InChI is InChI=1S/C11H21N3O4.C4H4O4/c1-13(2)8-7-11(15)12-9-3-5-10(6-4-9)18-14(16)17;5-3(6)1-2-4(7)8/h9-10H,3-8H2,1-2H3,(H,12,15);1-2H,(H,5,6)(H,7,8). The summed E-state index contributed by atoms with van der Waals surface area (Å²) < 4.78 is 0. The molecule has 1 saturated carbocycles. The Balaban J connectivity index is 0.000000660. The first-order valence-corrected chi connectivity index (χ1v) is 7.99. The molecule has 1 fully saturated rings. The number of carboxylic acid groups (broad SMARTS) is 2. The molecule has 1 rings (SSSR count). The number of rotatable bonds is 8. The summed E-state index contributed by atoms with van der Waals surface area (Å²) in [6, 6.07) is 0.131. The predicted molar refractivity (Wildman–Crippen MR) is 89.8 cm³/mol. The van der Waals surface area contributed by atoms with Gasteiger partial charge in [-0.05, 0) is 39.8 Å². The molecule has 0 aliphatic heterocycles. The van der Waals surface area contributed by atoms with E-state index in [1.54, 1.807) is 0 Å². The topological polar surface area (TPSA) is 159 Å². The number of hydrogen-bond acceptors (Lipinski definition) is 7. The van der Waals surface area contributed by atoms with Crippen molar-refractivity contribution in [1.29, 1.82) is 0 Å². The van der Waals surface area contributed by atoms with Crippen LogP contribution in [0.15, 0.2) is 12.2 Å². The number of nitrogens with one attached hydrogen (secondary N) is 1. The molecule has 0 saturated heterocycles. The van der Waals surface area contributed by atoms with Crippen LogP contribution >= 0.6 is 0 Å². The van der Waals surface area contributed by atoms with Crippen LogP contribution in [0.2, 0.25) is 0 Å². The van der Waals surface area contributed by atoms with Crippen molar-refractivity contribution in [1.82, 2.24) is 10.2 Å². The van der Waals surface area contributed by atoms with Crippen LogP contribution in [-0.2, 0) is 19.2 Å². The normalized spacial score (nSPS) is 19.3. The lowest BCUT2D eigenvalue weighted by molar-refractivity contribution is -0.769. The van der Waals surface area contributed by atoms with Gasteiger partial charge in [0.25, 0.3) is 5.09 Å². The molecule has 148 valence electrons. The van der Waals surface area contributed by atoms with Crippen LogP contribution in [0.25, 0.3) is 0 Å². The van der Waals surface area contributed by atoms with Crippen LogP contribution < -0.4 is 5.32 Å². The number of aliphatic carboxylic acids is 2. The molecule has 0 bridgehead atoms. The minimum absolute atomic E-state index is 0.0438. The zero-order valence-corrected chi connectivity index (χ0v) is 14.8. The van der Waals surface area contributed by atoms with E-state index in [1.807, 2.05) is 19.0 Å². The second kappa shape index (κ2) is 12.6. The SMILES string of the molecule is CN(C)CCC(=O)NC1CCC(O[N+](=O)[O-])CC1.O=C(O)C=CC(=O)O. The van der Waals surface area contributed by atoms with Gasteiger partial charge in [0.15, 0.2) is 0 Å². The van der Waals surface area contributed by atoms with Crippen molar-refractivity contribution in [3.63, 3.8) is 0 Å². The van der Waals surface area contributed by atoms with Crippen LogP contribution in [0.4, 0.5) is 0 Å².